The molecular formula is C22H16ClNO3. The summed E-state index contributed by atoms with van der Waals surface area (Å²) >= 11 is 5.99. The van der Waals surface area contributed by atoms with Gasteiger partial charge in [-0.05, 0) is 60.0 Å². The van der Waals surface area contributed by atoms with E-state index < -0.39 is 5.97 Å². The van der Waals surface area contributed by atoms with Crippen LogP contribution in [0.5, 0.6) is 5.75 Å². The summed E-state index contributed by atoms with van der Waals surface area (Å²) in [6, 6.07) is 19.2. The Hall–Kier alpha value is -3.29. The van der Waals surface area contributed by atoms with Gasteiger partial charge in [-0.2, -0.15) is 5.26 Å². The van der Waals surface area contributed by atoms with Crippen LogP contribution in [0.2, 0.25) is 5.02 Å². The van der Waals surface area contributed by atoms with Crippen molar-refractivity contribution in [1.29, 1.82) is 5.26 Å². The molecule has 0 aromatic heterocycles. The average molecular weight is 378 g/mol. The van der Waals surface area contributed by atoms with Gasteiger partial charge in [0, 0.05) is 10.6 Å². The summed E-state index contributed by atoms with van der Waals surface area (Å²) in [4.78, 5) is 12.2. The molecular weight excluding hydrogens is 362 g/mol. The Bertz CT molecular complexity index is 1020. The molecule has 0 amide bonds. The molecule has 3 aromatic rings. The lowest BCUT2D eigenvalue weighted by Crippen LogP contribution is -2.05. The zero-order chi connectivity index (χ0) is 19.4. The number of nitrogens with zero attached hydrogens (tertiary/aromatic N) is 1. The first kappa shape index (κ1) is 18.5. The van der Waals surface area contributed by atoms with E-state index in [-0.39, 0.29) is 17.9 Å². The monoisotopic (exact) mass is 377 g/mol. The average Bonchev–Trinajstić information content (AvgIpc) is 2.68. The van der Waals surface area contributed by atoms with Gasteiger partial charge < -0.3 is 9.84 Å². The van der Waals surface area contributed by atoms with Crippen LogP contribution in [0.4, 0.5) is 0 Å². The van der Waals surface area contributed by atoms with E-state index in [0.717, 1.165) is 11.1 Å². The van der Waals surface area contributed by atoms with Gasteiger partial charge in [0.15, 0.2) is 0 Å². The van der Waals surface area contributed by atoms with Gasteiger partial charge >= 0.3 is 5.97 Å². The summed E-state index contributed by atoms with van der Waals surface area (Å²) in [5.41, 5.74) is 3.53. The highest BCUT2D eigenvalue weighted by Gasteiger charge is 2.18. The second kappa shape index (κ2) is 7.94. The minimum Gasteiger partial charge on any atom is -0.507 e. The number of phenols is 1. The summed E-state index contributed by atoms with van der Waals surface area (Å²) < 4.78 is 5.06. The van der Waals surface area contributed by atoms with Crippen LogP contribution in [0.3, 0.4) is 0 Å². The topological polar surface area (TPSA) is 70.3 Å². The van der Waals surface area contributed by atoms with Crippen molar-refractivity contribution in [2.45, 2.75) is 6.92 Å². The van der Waals surface area contributed by atoms with Gasteiger partial charge in [-0.3, -0.25) is 0 Å². The number of hydrogen-bond acceptors (Lipinski definition) is 4. The quantitative estimate of drug-likeness (QED) is 0.615. The van der Waals surface area contributed by atoms with E-state index >= 15 is 0 Å². The normalized spacial score (nSPS) is 10.3. The first-order chi connectivity index (χ1) is 13.0. The summed E-state index contributed by atoms with van der Waals surface area (Å²) in [5.74, 6) is -0.551. The van der Waals surface area contributed by atoms with Gasteiger partial charge in [-0.15, -0.1) is 0 Å². The number of carbonyl (C=O) groups excluding carboxylic acids is 1. The van der Waals surface area contributed by atoms with Gasteiger partial charge in [0.1, 0.15) is 5.75 Å². The smallest absolute Gasteiger partial charge is 0.338 e. The molecule has 0 spiro atoms. The molecule has 0 aliphatic heterocycles. The van der Waals surface area contributed by atoms with Crippen molar-refractivity contribution in [3.63, 3.8) is 0 Å². The Kier molecular flexibility index (Phi) is 5.44. The molecule has 3 rings (SSSR count). The number of aromatic hydroxyl groups is 1. The largest absolute Gasteiger partial charge is 0.507 e. The van der Waals surface area contributed by atoms with Crippen LogP contribution in [0, 0.1) is 11.3 Å². The van der Waals surface area contributed by atoms with Crippen LogP contribution in [0.1, 0.15) is 22.8 Å². The molecule has 4 nitrogen and oxygen atoms in total. The fourth-order valence-corrected chi connectivity index (χ4v) is 2.96. The molecule has 0 unspecified atom stereocenters. The van der Waals surface area contributed by atoms with Crippen molar-refractivity contribution in [3.8, 4) is 34.1 Å². The zero-order valence-electron chi connectivity index (χ0n) is 14.6. The number of halogens is 1. The Morgan fingerprint density at radius 3 is 2.30 bits per heavy atom. The van der Waals surface area contributed by atoms with Crippen molar-refractivity contribution < 1.29 is 14.6 Å². The van der Waals surface area contributed by atoms with E-state index in [1.807, 2.05) is 12.1 Å². The van der Waals surface area contributed by atoms with Crippen LogP contribution >= 0.6 is 11.6 Å². The number of nitriles is 1. The zero-order valence-corrected chi connectivity index (χ0v) is 15.3. The number of hydrogen-bond donors (Lipinski definition) is 1. The van der Waals surface area contributed by atoms with Crippen molar-refractivity contribution in [2.75, 3.05) is 6.61 Å². The van der Waals surface area contributed by atoms with Crippen LogP contribution < -0.4 is 0 Å². The second-order valence-corrected chi connectivity index (χ2v) is 6.27. The lowest BCUT2D eigenvalue weighted by atomic mass is 9.91. The predicted octanol–water partition coefficient (Wildman–Crippen LogP) is 5.43. The summed E-state index contributed by atoms with van der Waals surface area (Å²) in [6.07, 6.45) is 0. The minimum absolute atomic E-state index is 0.0461. The van der Waals surface area contributed by atoms with Gasteiger partial charge in [-0.25, -0.2) is 4.79 Å². The third-order valence-corrected chi connectivity index (χ3v) is 4.34. The molecule has 3 aromatic carbocycles. The van der Waals surface area contributed by atoms with Crippen molar-refractivity contribution in [3.05, 3.63) is 76.8 Å². The third kappa shape index (κ3) is 3.94. The van der Waals surface area contributed by atoms with Gasteiger partial charge in [0.2, 0.25) is 0 Å². The lowest BCUT2D eigenvalue weighted by molar-refractivity contribution is 0.0526. The van der Waals surface area contributed by atoms with Crippen molar-refractivity contribution in [1.82, 2.24) is 0 Å². The standard InChI is InChI=1S/C22H16ClNO3/c1-2-27-22(26)17-11-19(15-7-9-18(23)10-8-15)21(20(25)12-17)16-5-3-14(13-24)4-6-16/h3-12,25H,2H2,1H3. The van der Waals surface area contributed by atoms with Crippen molar-refractivity contribution in [2.24, 2.45) is 0 Å². The number of phenolic OH excluding ortho intramolecular Hbond substituents is 1. The molecule has 134 valence electrons. The fraction of sp³-hybridized carbons (Fsp3) is 0.0909. The number of benzene rings is 3. The molecule has 0 saturated carbocycles. The molecule has 0 aliphatic carbocycles. The lowest BCUT2D eigenvalue weighted by Gasteiger charge is -2.15. The molecule has 5 heteroatoms. The molecule has 0 saturated heterocycles. The van der Waals surface area contributed by atoms with Crippen LogP contribution in [-0.4, -0.2) is 17.7 Å². The highest BCUT2D eigenvalue weighted by atomic mass is 35.5. The number of carbonyl (C=O) groups is 1. The molecule has 1 N–H and O–H groups in total. The molecule has 0 heterocycles. The number of esters is 1. The second-order valence-electron chi connectivity index (χ2n) is 5.83. The van der Waals surface area contributed by atoms with E-state index in [0.29, 0.717) is 21.7 Å². The van der Waals surface area contributed by atoms with E-state index in [1.54, 1.807) is 49.4 Å². The van der Waals surface area contributed by atoms with Gasteiger partial charge in [-0.1, -0.05) is 35.9 Å². The fourth-order valence-electron chi connectivity index (χ4n) is 2.83. The van der Waals surface area contributed by atoms with E-state index in [9.17, 15) is 9.90 Å². The summed E-state index contributed by atoms with van der Waals surface area (Å²) in [6.45, 7) is 1.97. The maximum absolute atomic E-state index is 12.2. The maximum atomic E-state index is 12.2. The molecule has 0 fully saturated rings. The highest BCUT2D eigenvalue weighted by molar-refractivity contribution is 6.30. The Labute approximate surface area is 162 Å². The Balaban J connectivity index is 2.22. The van der Waals surface area contributed by atoms with E-state index in [1.165, 1.54) is 6.07 Å². The van der Waals surface area contributed by atoms with Crippen molar-refractivity contribution >= 4 is 17.6 Å². The molecule has 0 bridgehead atoms. The minimum atomic E-state index is -0.505. The van der Waals surface area contributed by atoms with Crippen LogP contribution in [0.25, 0.3) is 22.3 Å². The first-order valence-electron chi connectivity index (χ1n) is 8.34. The van der Waals surface area contributed by atoms with Gasteiger partial charge in [0.05, 0.1) is 23.8 Å². The number of ether oxygens (including phenoxy) is 1. The molecule has 0 atom stereocenters. The molecule has 27 heavy (non-hydrogen) atoms. The SMILES string of the molecule is CCOC(=O)c1cc(O)c(-c2ccc(C#N)cc2)c(-c2ccc(Cl)cc2)c1. The predicted molar refractivity (Wildman–Crippen MR) is 105 cm³/mol. The van der Waals surface area contributed by atoms with Gasteiger partial charge in [0.25, 0.3) is 0 Å². The van der Waals surface area contributed by atoms with Crippen LogP contribution in [-0.2, 0) is 4.74 Å². The van der Waals surface area contributed by atoms with E-state index in [2.05, 4.69) is 6.07 Å². The maximum Gasteiger partial charge on any atom is 0.338 e. The Morgan fingerprint density at radius 2 is 1.70 bits per heavy atom. The summed E-state index contributed by atoms with van der Waals surface area (Å²) in [5, 5.41) is 20.3. The summed E-state index contributed by atoms with van der Waals surface area (Å²) in [7, 11) is 0. The third-order valence-electron chi connectivity index (χ3n) is 4.09. The van der Waals surface area contributed by atoms with E-state index in [4.69, 9.17) is 21.6 Å². The Morgan fingerprint density at radius 1 is 1.07 bits per heavy atom. The van der Waals surface area contributed by atoms with Crippen LogP contribution in [0.15, 0.2) is 60.7 Å². The first-order valence-corrected chi connectivity index (χ1v) is 8.72. The molecule has 0 radical (unpaired) electrons. The number of rotatable bonds is 4. The molecule has 0 aliphatic rings. The highest BCUT2D eigenvalue weighted by Crippen LogP contribution is 2.40.